The number of carbonyl (C=O) groups excluding carboxylic acids is 1. The molecule has 0 amide bonds. The molecule has 0 N–H and O–H groups in total. The Morgan fingerprint density at radius 3 is 2.80 bits per heavy atom. The molecule has 3 fully saturated rings. The van der Waals surface area contributed by atoms with Gasteiger partial charge in [0.25, 0.3) is 0 Å². The van der Waals surface area contributed by atoms with Crippen molar-refractivity contribution in [2.24, 2.45) is 17.3 Å². The largest absolute Gasteiger partial charge is 0.497 e. The zero-order chi connectivity index (χ0) is 17.6. The van der Waals surface area contributed by atoms with E-state index in [2.05, 4.69) is 13.5 Å². The molecule has 4 rings (SSSR count). The third-order valence-electron chi connectivity index (χ3n) is 6.52. The highest BCUT2D eigenvalue weighted by Gasteiger charge is 2.53. The Balaban J connectivity index is 1.63. The fraction of sp³-hybridized carbons (Fsp3) is 0.500. The van der Waals surface area contributed by atoms with Gasteiger partial charge in [-0.2, -0.15) is 0 Å². The number of ether oxygens (including phenoxy) is 2. The molecular formula is C22H26O3. The Morgan fingerprint density at radius 2 is 2.08 bits per heavy atom. The molecule has 4 atom stereocenters. The monoisotopic (exact) mass is 338 g/mol. The van der Waals surface area contributed by atoms with Gasteiger partial charge in [-0.15, -0.1) is 0 Å². The minimum Gasteiger partial charge on any atom is -0.497 e. The molecule has 1 saturated heterocycles. The minimum atomic E-state index is -0.140. The van der Waals surface area contributed by atoms with Crippen LogP contribution in [0.15, 0.2) is 42.0 Å². The van der Waals surface area contributed by atoms with Gasteiger partial charge in [-0.1, -0.05) is 31.2 Å². The topological polar surface area (TPSA) is 35.5 Å². The van der Waals surface area contributed by atoms with E-state index in [0.29, 0.717) is 5.92 Å². The van der Waals surface area contributed by atoms with Crippen LogP contribution in [-0.2, 0) is 9.53 Å². The smallest absolute Gasteiger partial charge is 0.334 e. The van der Waals surface area contributed by atoms with Gasteiger partial charge in [0.15, 0.2) is 0 Å². The molecule has 0 aromatic heterocycles. The van der Waals surface area contributed by atoms with Crippen molar-refractivity contribution < 1.29 is 14.3 Å². The van der Waals surface area contributed by atoms with Crippen molar-refractivity contribution in [3.8, 4) is 5.75 Å². The van der Waals surface area contributed by atoms with Crippen LogP contribution in [0.25, 0.3) is 6.08 Å². The van der Waals surface area contributed by atoms with Gasteiger partial charge >= 0.3 is 5.97 Å². The van der Waals surface area contributed by atoms with Gasteiger partial charge in [0.1, 0.15) is 11.9 Å². The standard InChI is InChI=1S/C22H26O3/c1-14-5-4-10-22(2)13-20-17(12-19(14)22)18(21(23)25-20)11-15-6-8-16(24-3)9-7-15/h6-9,11,17,19-20H,1,4-5,10,12-13H2,2-3H3/b18-11+/t17-,19+,20-,22-/m1/s1. The van der Waals surface area contributed by atoms with Gasteiger partial charge in [-0.25, -0.2) is 4.79 Å². The summed E-state index contributed by atoms with van der Waals surface area (Å²) in [5, 5.41) is 0. The van der Waals surface area contributed by atoms with Crippen molar-refractivity contribution in [3.05, 3.63) is 47.6 Å². The fourth-order valence-electron chi connectivity index (χ4n) is 5.12. The number of allylic oxidation sites excluding steroid dienone is 1. The third kappa shape index (κ3) is 2.80. The molecule has 1 heterocycles. The Labute approximate surface area is 149 Å². The molecule has 2 saturated carbocycles. The number of hydrogen-bond acceptors (Lipinski definition) is 3. The van der Waals surface area contributed by atoms with Crippen LogP contribution in [0, 0.1) is 17.3 Å². The Bertz CT molecular complexity index is 730. The van der Waals surface area contributed by atoms with Gasteiger partial charge in [0, 0.05) is 11.5 Å². The lowest BCUT2D eigenvalue weighted by molar-refractivity contribution is -0.142. The quantitative estimate of drug-likeness (QED) is 0.442. The Morgan fingerprint density at radius 1 is 1.32 bits per heavy atom. The molecule has 1 aliphatic heterocycles. The molecule has 0 bridgehead atoms. The average Bonchev–Trinajstić information content (AvgIpc) is 2.88. The number of hydrogen-bond donors (Lipinski definition) is 0. The first-order valence-corrected chi connectivity index (χ1v) is 9.24. The lowest BCUT2D eigenvalue weighted by Gasteiger charge is -2.49. The summed E-state index contributed by atoms with van der Waals surface area (Å²) in [4.78, 5) is 12.5. The summed E-state index contributed by atoms with van der Waals surface area (Å²) >= 11 is 0. The van der Waals surface area contributed by atoms with Crippen molar-refractivity contribution in [3.63, 3.8) is 0 Å². The minimum absolute atomic E-state index is 0.0316. The number of carbonyl (C=O) groups is 1. The first-order chi connectivity index (χ1) is 12.0. The molecule has 132 valence electrons. The van der Waals surface area contributed by atoms with Crippen molar-refractivity contribution in [2.75, 3.05) is 7.11 Å². The summed E-state index contributed by atoms with van der Waals surface area (Å²) < 4.78 is 11.0. The summed E-state index contributed by atoms with van der Waals surface area (Å²) in [5.41, 5.74) is 3.46. The highest BCUT2D eigenvalue weighted by molar-refractivity contribution is 5.96. The second-order valence-electron chi connectivity index (χ2n) is 8.08. The summed E-state index contributed by atoms with van der Waals surface area (Å²) in [6, 6.07) is 7.81. The number of methoxy groups -OCH3 is 1. The van der Waals surface area contributed by atoms with Gasteiger partial charge in [-0.3, -0.25) is 0 Å². The third-order valence-corrected chi connectivity index (χ3v) is 6.52. The molecule has 0 radical (unpaired) electrons. The highest BCUT2D eigenvalue weighted by Crippen LogP contribution is 2.56. The predicted molar refractivity (Wildman–Crippen MR) is 98.2 cm³/mol. The highest BCUT2D eigenvalue weighted by atomic mass is 16.6. The van der Waals surface area contributed by atoms with E-state index < -0.39 is 0 Å². The van der Waals surface area contributed by atoms with E-state index >= 15 is 0 Å². The predicted octanol–water partition coefficient (Wildman–Crippen LogP) is 4.78. The SMILES string of the molecule is C=C1CCC[C@]2(C)C[C@H]3OC(=O)/C(=C/c4ccc(OC)cc4)[C@H]3C[C@@H]12. The second kappa shape index (κ2) is 6.05. The molecule has 1 aromatic carbocycles. The van der Waals surface area contributed by atoms with Crippen LogP contribution in [-0.4, -0.2) is 19.2 Å². The van der Waals surface area contributed by atoms with Crippen molar-refractivity contribution >= 4 is 12.0 Å². The van der Waals surface area contributed by atoms with Crippen LogP contribution >= 0.6 is 0 Å². The molecule has 3 heteroatoms. The lowest BCUT2D eigenvalue weighted by atomic mass is 9.56. The maximum atomic E-state index is 12.5. The Hall–Kier alpha value is -2.03. The first-order valence-electron chi connectivity index (χ1n) is 9.24. The van der Waals surface area contributed by atoms with Crippen molar-refractivity contribution in [2.45, 2.75) is 45.1 Å². The Kier molecular flexibility index (Phi) is 3.98. The second-order valence-corrected chi connectivity index (χ2v) is 8.08. The molecule has 1 aromatic rings. The van der Waals surface area contributed by atoms with E-state index in [4.69, 9.17) is 9.47 Å². The zero-order valence-electron chi connectivity index (χ0n) is 15.1. The van der Waals surface area contributed by atoms with Crippen LogP contribution < -0.4 is 4.74 Å². The van der Waals surface area contributed by atoms with E-state index in [1.165, 1.54) is 18.4 Å². The van der Waals surface area contributed by atoms with Crippen LogP contribution in [0.5, 0.6) is 5.75 Å². The van der Waals surface area contributed by atoms with Gasteiger partial charge in [0.2, 0.25) is 0 Å². The molecule has 3 aliphatic rings. The lowest BCUT2D eigenvalue weighted by Crippen LogP contribution is -2.43. The van der Waals surface area contributed by atoms with E-state index in [-0.39, 0.29) is 23.4 Å². The van der Waals surface area contributed by atoms with Crippen LogP contribution in [0.3, 0.4) is 0 Å². The van der Waals surface area contributed by atoms with Crippen LogP contribution in [0.1, 0.15) is 44.6 Å². The molecular weight excluding hydrogens is 312 g/mol. The molecule has 3 nitrogen and oxygen atoms in total. The summed E-state index contributed by atoms with van der Waals surface area (Å²) in [5.74, 6) is 1.39. The van der Waals surface area contributed by atoms with E-state index in [0.717, 1.165) is 36.1 Å². The van der Waals surface area contributed by atoms with E-state index in [9.17, 15) is 4.79 Å². The van der Waals surface area contributed by atoms with Gasteiger partial charge in [0.05, 0.1) is 7.11 Å². The normalized spacial score (nSPS) is 35.9. The summed E-state index contributed by atoms with van der Waals surface area (Å²) in [7, 11) is 1.66. The van der Waals surface area contributed by atoms with E-state index in [1.54, 1.807) is 7.11 Å². The number of fused-ring (bicyclic) bond motifs is 2. The van der Waals surface area contributed by atoms with Gasteiger partial charge < -0.3 is 9.47 Å². The number of esters is 1. The van der Waals surface area contributed by atoms with E-state index in [1.807, 2.05) is 30.3 Å². The summed E-state index contributed by atoms with van der Waals surface area (Å²) in [6.45, 7) is 6.70. The number of benzene rings is 1. The summed E-state index contributed by atoms with van der Waals surface area (Å²) in [6.07, 6.45) is 7.55. The zero-order valence-corrected chi connectivity index (χ0v) is 15.1. The van der Waals surface area contributed by atoms with Crippen molar-refractivity contribution in [1.82, 2.24) is 0 Å². The van der Waals surface area contributed by atoms with Crippen molar-refractivity contribution in [1.29, 1.82) is 0 Å². The molecule has 25 heavy (non-hydrogen) atoms. The maximum Gasteiger partial charge on any atom is 0.334 e. The fourth-order valence-corrected chi connectivity index (χ4v) is 5.12. The van der Waals surface area contributed by atoms with Crippen LogP contribution in [0.2, 0.25) is 0 Å². The van der Waals surface area contributed by atoms with Crippen LogP contribution in [0.4, 0.5) is 0 Å². The maximum absolute atomic E-state index is 12.5. The van der Waals surface area contributed by atoms with Gasteiger partial charge in [-0.05, 0) is 67.2 Å². The molecule has 0 unspecified atom stereocenters. The molecule has 0 spiro atoms. The first kappa shape index (κ1) is 16.4. The number of rotatable bonds is 2. The average molecular weight is 338 g/mol. The molecule has 2 aliphatic carbocycles.